The second-order valence-electron chi connectivity index (χ2n) is 9.11. The van der Waals surface area contributed by atoms with Gasteiger partial charge in [-0.1, -0.05) is 30.3 Å². The van der Waals surface area contributed by atoms with Gasteiger partial charge in [0.2, 0.25) is 5.91 Å². The van der Waals surface area contributed by atoms with E-state index in [0.717, 1.165) is 18.9 Å². The van der Waals surface area contributed by atoms with Gasteiger partial charge in [-0.05, 0) is 74.9 Å². The molecule has 2 aliphatic carbocycles. The third kappa shape index (κ3) is 3.23. The van der Waals surface area contributed by atoms with Gasteiger partial charge in [0.25, 0.3) is 0 Å². The average Bonchev–Trinajstić information content (AvgIpc) is 3.54. The smallest absolute Gasteiger partial charge is 0.230 e. The molecule has 3 heteroatoms. The van der Waals surface area contributed by atoms with Crippen molar-refractivity contribution in [3.8, 4) is 0 Å². The van der Waals surface area contributed by atoms with Gasteiger partial charge in [-0.25, -0.2) is 0 Å². The average molecular weight is 338 g/mol. The summed E-state index contributed by atoms with van der Waals surface area (Å²) in [6.45, 7) is 4.83. The summed E-state index contributed by atoms with van der Waals surface area (Å²) >= 11 is 0. The maximum Gasteiger partial charge on any atom is 0.230 e. The Bertz CT molecular complexity index is 627. The van der Waals surface area contributed by atoms with Crippen LogP contribution < -0.4 is 0 Å². The Hall–Kier alpha value is -1.35. The summed E-state index contributed by atoms with van der Waals surface area (Å²) in [6, 6.07) is 11.1. The highest BCUT2D eigenvalue weighted by Crippen LogP contribution is 2.48. The van der Waals surface area contributed by atoms with Crippen LogP contribution in [0.15, 0.2) is 30.3 Å². The molecule has 5 rings (SSSR count). The fourth-order valence-corrected chi connectivity index (χ4v) is 5.10. The van der Waals surface area contributed by atoms with Crippen molar-refractivity contribution >= 4 is 5.91 Å². The van der Waals surface area contributed by atoms with Crippen LogP contribution in [0.25, 0.3) is 0 Å². The largest absolute Gasteiger partial charge is 0.339 e. The van der Waals surface area contributed by atoms with E-state index in [1.165, 1.54) is 63.7 Å². The van der Waals surface area contributed by atoms with Crippen molar-refractivity contribution in [2.75, 3.05) is 26.2 Å². The van der Waals surface area contributed by atoms with E-state index in [2.05, 4.69) is 40.1 Å². The molecule has 2 aliphatic heterocycles. The molecule has 0 unspecified atom stereocenters. The van der Waals surface area contributed by atoms with Crippen LogP contribution in [-0.2, 0) is 4.79 Å². The van der Waals surface area contributed by atoms with Gasteiger partial charge >= 0.3 is 0 Å². The highest BCUT2D eigenvalue weighted by molar-refractivity contribution is 5.85. The number of nitrogens with zero attached hydrogens (tertiary/aromatic N) is 2. The molecule has 0 aromatic heterocycles. The van der Waals surface area contributed by atoms with Gasteiger partial charge in [0.15, 0.2) is 0 Å². The van der Waals surface area contributed by atoms with Gasteiger partial charge in [-0.3, -0.25) is 4.79 Å². The van der Waals surface area contributed by atoms with Gasteiger partial charge in [0.05, 0.1) is 5.92 Å². The van der Waals surface area contributed by atoms with Crippen molar-refractivity contribution in [3.63, 3.8) is 0 Å². The van der Waals surface area contributed by atoms with E-state index in [-0.39, 0.29) is 5.92 Å². The maximum absolute atomic E-state index is 13.2. The first-order chi connectivity index (χ1) is 12.2. The Balaban J connectivity index is 1.35. The summed E-state index contributed by atoms with van der Waals surface area (Å²) in [4.78, 5) is 18.1. The number of amides is 1. The van der Waals surface area contributed by atoms with Crippen molar-refractivity contribution in [2.45, 2.75) is 56.9 Å². The molecule has 25 heavy (non-hydrogen) atoms. The number of carbonyl (C=O) groups is 1. The molecule has 1 aromatic rings. The lowest BCUT2D eigenvalue weighted by atomic mass is 9.67. The summed E-state index contributed by atoms with van der Waals surface area (Å²) < 4.78 is 0. The van der Waals surface area contributed by atoms with Gasteiger partial charge in [0.1, 0.15) is 0 Å². The number of piperidine rings is 2. The lowest BCUT2D eigenvalue weighted by molar-refractivity contribution is -0.142. The van der Waals surface area contributed by atoms with Gasteiger partial charge in [-0.2, -0.15) is 0 Å². The van der Waals surface area contributed by atoms with Gasteiger partial charge < -0.3 is 9.80 Å². The number of hydrogen-bond donors (Lipinski definition) is 0. The Morgan fingerprint density at radius 2 is 1.72 bits per heavy atom. The third-order valence-corrected chi connectivity index (χ3v) is 7.04. The molecule has 2 saturated heterocycles. The molecule has 0 N–H and O–H groups in total. The van der Waals surface area contributed by atoms with E-state index < -0.39 is 0 Å². The number of carbonyl (C=O) groups excluding carboxylic acids is 1. The lowest BCUT2D eigenvalue weighted by Crippen LogP contribution is -2.54. The van der Waals surface area contributed by atoms with E-state index >= 15 is 0 Å². The standard InChI is InChI=1S/C22H30N2O/c25-21-20(18-4-2-1-3-5-18)14-22(16-24(21)19-8-9-19)10-12-23(13-11-22)15-17-6-7-17/h1-5,17,19-20H,6-16H2/t20-/m1/s1. The van der Waals surface area contributed by atoms with Crippen molar-refractivity contribution in [1.82, 2.24) is 9.80 Å². The highest BCUT2D eigenvalue weighted by Gasteiger charge is 2.49. The van der Waals surface area contributed by atoms with Crippen molar-refractivity contribution < 1.29 is 4.79 Å². The molecule has 0 bridgehead atoms. The van der Waals surface area contributed by atoms with Crippen LogP contribution in [0.5, 0.6) is 0 Å². The van der Waals surface area contributed by atoms with E-state index in [0.29, 0.717) is 17.4 Å². The van der Waals surface area contributed by atoms with Crippen LogP contribution in [0.1, 0.15) is 56.4 Å². The quantitative estimate of drug-likeness (QED) is 0.836. The molecule has 1 atom stereocenters. The molecule has 1 amide bonds. The zero-order valence-corrected chi connectivity index (χ0v) is 15.2. The summed E-state index contributed by atoms with van der Waals surface area (Å²) in [6.07, 6.45) is 8.95. The first kappa shape index (κ1) is 15.9. The van der Waals surface area contributed by atoms with Crippen LogP contribution in [0.3, 0.4) is 0 Å². The Labute approximate surface area is 151 Å². The molecule has 4 aliphatic rings. The molecular weight excluding hydrogens is 308 g/mol. The summed E-state index contributed by atoms with van der Waals surface area (Å²) in [5, 5.41) is 0. The van der Waals surface area contributed by atoms with Gasteiger partial charge in [0, 0.05) is 19.1 Å². The minimum atomic E-state index is 0.0885. The predicted octanol–water partition coefficient (Wildman–Crippen LogP) is 3.66. The number of hydrogen-bond acceptors (Lipinski definition) is 2. The van der Waals surface area contributed by atoms with E-state index in [9.17, 15) is 4.79 Å². The number of likely N-dealkylation sites (tertiary alicyclic amines) is 2. The molecule has 0 radical (unpaired) electrons. The summed E-state index contributed by atoms with van der Waals surface area (Å²) in [5.74, 6) is 1.48. The monoisotopic (exact) mass is 338 g/mol. The molecule has 1 spiro atoms. The second kappa shape index (κ2) is 6.12. The normalized spacial score (nSPS) is 30.0. The minimum absolute atomic E-state index is 0.0885. The van der Waals surface area contributed by atoms with Crippen molar-refractivity contribution in [1.29, 1.82) is 0 Å². The molecule has 2 saturated carbocycles. The lowest BCUT2D eigenvalue weighted by Gasteiger charge is -2.50. The van der Waals surface area contributed by atoms with Gasteiger partial charge in [-0.15, -0.1) is 0 Å². The van der Waals surface area contributed by atoms with Crippen LogP contribution >= 0.6 is 0 Å². The Morgan fingerprint density at radius 3 is 2.36 bits per heavy atom. The zero-order chi connectivity index (χ0) is 16.9. The van der Waals surface area contributed by atoms with E-state index in [1.54, 1.807) is 0 Å². The van der Waals surface area contributed by atoms with Crippen LogP contribution in [0.2, 0.25) is 0 Å². The van der Waals surface area contributed by atoms with E-state index in [1.807, 2.05) is 0 Å². The van der Waals surface area contributed by atoms with Crippen molar-refractivity contribution in [2.24, 2.45) is 11.3 Å². The summed E-state index contributed by atoms with van der Waals surface area (Å²) in [7, 11) is 0. The minimum Gasteiger partial charge on any atom is -0.339 e. The zero-order valence-electron chi connectivity index (χ0n) is 15.2. The molecular formula is C22H30N2O. The SMILES string of the molecule is O=C1[C@@H](c2ccccc2)CC2(CCN(CC3CC3)CC2)CN1C1CC1. The fraction of sp³-hybridized carbons (Fsp3) is 0.682. The Kier molecular flexibility index (Phi) is 3.89. The Morgan fingerprint density at radius 1 is 1.00 bits per heavy atom. The first-order valence-electron chi connectivity index (χ1n) is 10.3. The first-order valence-corrected chi connectivity index (χ1v) is 10.3. The molecule has 4 fully saturated rings. The number of benzene rings is 1. The molecule has 1 aromatic carbocycles. The third-order valence-electron chi connectivity index (χ3n) is 7.04. The topological polar surface area (TPSA) is 23.6 Å². The van der Waals surface area contributed by atoms with Crippen LogP contribution in [-0.4, -0.2) is 47.9 Å². The van der Waals surface area contributed by atoms with Crippen LogP contribution in [0.4, 0.5) is 0 Å². The second-order valence-corrected chi connectivity index (χ2v) is 9.11. The van der Waals surface area contributed by atoms with E-state index in [4.69, 9.17) is 0 Å². The number of rotatable bonds is 4. The molecule has 3 nitrogen and oxygen atoms in total. The molecule has 134 valence electrons. The summed E-state index contributed by atoms with van der Waals surface area (Å²) in [5.41, 5.74) is 1.59. The van der Waals surface area contributed by atoms with Crippen LogP contribution in [0, 0.1) is 11.3 Å². The predicted molar refractivity (Wildman–Crippen MR) is 99.4 cm³/mol. The van der Waals surface area contributed by atoms with Crippen molar-refractivity contribution in [3.05, 3.63) is 35.9 Å². The fourth-order valence-electron chi connectivity index (χ4n) is 5.10. The highest BCUT2D eigenvalue weighted by atomic mass is 16.2. The maximum atomic E-state index is 13.2. The molecule has 2 heterocycles.